The van der Waals surface area contributed by atoms with Crippen molar-refractivity contribution in [1.29, 1.82) is 0 Å². The van der Waals surface area contributed by atoms with Gasteiger partial charge in [-0.05, 0) is 41.8 Å². The van der Waals surface area contributed by atoms with Gasteiger partial charge in [-0.1, -0.05) is 53.8 Å². The molecule has 2 aromatic heterocycles. The number of anilines is 1. The third kappa shape index (κ3) is 3.83. The number of nitrogens with zero attached hydrogens (tertiary/aromatic N) is 2. The van der Waals surface area contributed by atoms with E-state index in [2.05, 4.69) is 46.5 Å². The Kier molecular flexibility index (Phi) is 4.80. The molecule has 0 saturated carbocycles. The summed E-state index contributed by atoms with van der Waals surface area (Å²) >= 11 is 1.62. The van der Waals surface area contributed by atoms with Crippen molar-refractivity contribution in [2.75, 3.05) is 5.32 Å². The summed E-state index contributed by atoms with van der Waals surface area (Å²) in [6.07, 6.45) is 1.77. The number of thiazole rings is 1. The minimum Gasteiger partial charge on any atom is -0.489 e. The standard InChI is InChI=1S/C21H19N3OS/c1-15-12-17(9-10-18(15)25-14-16-6-3-2-4-7-16)13-23-21-24-20-19(26-21)8-5-11-22-20/h2-12H,13-14H2,1H3,(H,22,23,24). The molecule has 0 fully saturated rings. The van der Waals surface area contributed by atoms with Crippen LogP contribution in [0.5, 0.6) is 5.75 Å². The van der Waals surface area contributed by atoms with Crippen LogP contribution in [0.15, 0.2) is 66.9 Å². The predicted molar refractivity (Wildman–Crippen MR) is 107 cm³/mol. The predicted octanol–water partition coefficient (Wildman–Crippen LogP) is 5.19. The van der Waals surface area contributed by atoms with Gasteiger partial charge in [0.05, 0.1) is 4.70 Å². The number of benzene rings is 2. The Hall–Kier alpha value is -2.92. The van der Waals surface area contributed by atoms with Gasteiger partial charge in [0.25, 0.3) is 0 Å². The monoisotopic (exact) mass is 361 g/mol. The van der Waals surface area contributed by atoms with E-state index in [-0.39, 0.29) is 0 Å². The van der Waals surface area contributed by atoms with Crippen molar-refractivity contribution in [3.63, 3.8) is 0 Å². The van der Waals surface area contributed by atoms with Gasteiger partial charge in [0.15, 0.2) is 10.8 Å². The first kappa shape index (κ1) is 16.5. The zero-order valence-corrected chi connectivity index (χ0v) is 15.3. The van der Waals surface area contributed by atoms with Gasteiger partial charge >= 0.3 is 0 Å². The Labute approximate surface area is 156 Å². The second kappa shape index (κ2) is 7.54. The average Bonchev–Trinajstić information content (AvgIpc) is 3.09. The molecule has 0 aliphatic rings. The Morgan fingerprint density at radius 1 is 1.00 bits per heavy atom. The van der Waals surface area contributed by atoms with Gasteiger partial charge in [0.2, 0.25) is 0 Å². The van der Waals surface area contributed by atoms with Gasteiger partial charge in [-0.25, -0.2) is 9.97 Å². The van der Waals surface area contributed by atoms with Crippen LogP contribution >= 0.6 is 11.3 Å². The number of pyridine rings is 1. The molecule has 0 spiro atoms. The van der Waals surface area contributed by atoms with Crippen molar-refractivity contribution in [3.05, 3.63) is 83.6 Å². The third-order valence-corrected chi connectivity index (χ3v) is 5.05. The number of hydrogen-bond acceptors (Lipinski definition) is 5. The molecule has 130 valence electrons. The fourth-order valence-corrected chi connectivity index (χ4v) is 3.56. The molecule has 0 amide bonds. The number of ether oxygens (including phenoxy) is 1. The molecular formula is C21H19N3OS. The van der Waals surface area contributed by atoms with E-state index < -0.39 is 0 Å². The number of aromatic nitrogens is 2. The average molecular weight is 361 g/mol. The van der Waals surface area contributed by atoms with Crippen LogP contribution in [0.2, 0.25) is 0 Å². The first-order valence-electron chi connectivity index (χ1n) is 8.49. The van der Waals surface area contributed by atoms with E-state index in [0.29, 0.717) is 6.61 Å². The van der Waals surface area contributed by atoms with Crippen LogP contribution in [-0.4, -0.2) is 9.97 Å². The first-order valence-corrected chi connectivity index (χ1v) is 9.31. The quantitative estimate of drug-likeness (QED) is 0.513. The SMILES string of the molecule is Cc1cc(CNc2nc3ncccc3s2)ccc1OCc1ccccc1. The van der Waals surface area contributed by atoms with Crippen LogP contribution in [0.1, 0.15) is 16.7 Å². The van der Waals surface area contributed by atoms with E-state index in [4.69, 9.17) is 4.74 Å². The number of hydrogen-bond donors (Lipinski definition) is 1. The van der Waals surface area contributed by atoms with Crippen molar-refractivity contribution in [2.24, 2.45) is 0 Å². The molecule has 0 unspecified atom stereocenters. The molecule has 26 heavy (non-hydrogen) atoms. The zero-order valence-electron chi connectivity index (χ0n) is 14.5. The van der Waals surface area contributed by atoms with Crippen LogP contribution in [0.4, 0.5) is 5.13 Å². The molecule has 4 nitrogen and oxygen atoms in total. The van der Waals surface area contributed by atoms with Crippen LogP contribution < -0.4 is 10.1 Å². The largest absolute Gasteiger partial charge is 0.489 e. The summed E-state index contributed by atoms with van der Waals surface area (Å²) in [4.78, 5) is 8.77. The highest BCUT2D eigenvalue weighted by Gasteiger charge is 2.05. The Morgan fingerprint density at radius 2 is 1.88 bits per heavy atom. The highest BCUT2D eigenvalue weighted by atomic mass is 32.1. The van der Waals surface area contributed by atoms with Crippen LogP contribution in [0.3, 0.4) is 0 Å². The van der Waals surface area contributed by atoms with Gasteiger partial charge in [0.1, 0.15) is 12.4 Å². The summed E-state index contributed by atoms with van der Waals surface area (Å²) < 4.78 is 7.03. The molecule has 0 aliphatic heterocycles. The minimum absolute atomic E-state index is 0.581. The molecule has 0 saturated heterocycles. The molecular weight excluding hydrogens is 342 g/mol. The van der Waals surface area contributed by atoms with Crippen LogP contribution in [0.25, 0.3) is 10.3 Å². The van der Waals surface area contributed by atoms with Crippen molar-refractivity contribution in [3.8, 4) is 5.75 Å². The molecule has 1 N–H and O–H groups in total. The second-order valence-corrected chi connectivity index (χ2v) is 7.10. The molecule has 4 rings (SSSR count). The molecule has 0 atom stereocenters. The van der Waals surface area contributed by atoms with E-state index >= 15 is 0 Å². The van der Waals surface area contributed by atoms with Crippen LogP contribution in [-0.2, 0) is 13.2 Å². The number of aryl methyl sites for hydroxylation is 1. The Bertz CT molecular complexity index is 981. The van der Waals surface area contributed by atoms with E-state index in [9.17, 15) is 0 Å². The van der Waals surface area contributed by atoms with E-state index in [0.717, 1.165) is 33.3 Å². The minimum atomic E-state index is 0.581. The molecule has 4 aromatic rings. The lowest BCUT2D eigenvalue weighted by molar-refractivity contribution is 0.304. The lowest BCUT2D eigenvalue weighted by Crippen LogP contribution is -2.01. The van der Waals surface area contributed by atoms with Gasteiger partial charge < -0.3 is 10.1 Å². The maximum Gasteiger partial charge on any atom is 0.185 e. The molecule has 5 heteroatoms. The smallest absolute Gasteiger partial charge is 0.185 e. The Morgan fingerprint density at radius 3 is 2.69 bits per heavy atom. The number of rotatable bonds is 6. The fourth-order valence-electron chi connectivity index (χ4n) is 2.74. The maximum atomic E-state index is 5.94. The molecule has 2 aromatic carbocycles. The lowest BCUT2D eigenvalue weighted by Gasteiger charge is -2.11. The van der Waals surface area contributed by atoms with E-state index in [1.54, 1.807) is 17.5 Å². The molecule has 0 bridgehead atoms. The van der Waals surface area contributed by atoms with Gasteiger partial charge in [-0.3, -0.25) is 0 Å². The highest BCUT2D eigenvalue weighted by molar-refractivity contribution is 7.22. The highest BCUT2D eigenvalue weighted by Crippen LogP contribution is 2.25. The topological polar surface area (TPSA) is 47.0 Å². The van der Waals surface area contributed by atoms with Crippen molar-refractivity contribution in [2.45, 2.75) is 20.1 Å². The fraction of sp³-hybridized carbons (Fsp3) is 0.143. The van der Waals surface area contributed by atoms with Gasteiger partial charge in [-0.15, -0.1) is 0 Å². The summed E-state index contributed by atoms with van der Waals surface area (Å²) in [5.41, 5.74) is 4.29. The summed E-state index contributed by atoms with van der Waals surface area (Å²) in [6, 6.07) is 20.4. The summed E-state index contributed by atoms with van der Waals surface area (Å²) in [7, 11) is 0. The van der Waals surface area contributed by atoms with Gasteiger partial charge in [-0.2, -0.15) is 0 Å². The first-order chi connectivity index (χ1) is 12.8. The summed E-state index contributed by atoms with van der Waals surface area (Å²) in [5, 5.41) is 4.27. The second-order valence-electron chi connectivity index (χ2n) is 6.07. The number of fused-ring (bicyclic) bond motifs is 1. The van der Waals surface area contributed by atoms with Crippen molar-refractivity contribution < 1.29 is 4.74 Å². The summed E-state index contributed by atoms with van der Waals surface area (Å²) in [6.45, 7) is 3.38. The molecule has 0 aliphatic carbocycles. The van der Waals surface area contributed by atoms with Gasteiger partial charge in [0, 0.05) is 12.7 Å². The normalized spacial score (nSPS) is 10.8. The number of nitrogens with one attached hydrogen (secondary N) is 1. The molecule has 2 heterocycles. The molecule has 0 radical (unpaired) electrons. The van der Waals surface area contributed by atoms with E-state index in [1.165, 1.54) is 11.1 Å². The van der Waals surface area contributed by atoms with Crippen molar-refractivity contribution >= 4 is 26.8 Å². The lowest BCUT2D eigenvalue weighted by atomic mass is 10.1. The summed E-state index contributed by atoms with van der Waals surface area (Å²) in [5.74, 6) is 0.918. The van der Waals surface area contributed by atoms with E-state index in [1.807, 2.05) is 36.4 Å². The third-order valence-electron chi connectivity index (χ3n) is 4.09. The maximum absolute atomic E-state index is 5.94. The van der Waals surface area contributed by atoms with Crippen molar-refractivity contribution in [1.82, 2.24) is 9.97 Å². The zero-order chi connectivity index (χ0) is 17.8. The Balaban J connectivity index is 1.39. The van der Waals surface area contributed by atoms with Crippen LogP contribution in [0, 0.1) is 6.92 Å².